The second-order valence-electron chi connectivity index (χ2n) is 9.87. The molecule has 0 rings (SSSR count). The van der Waals surface area contributed by atoms with E-state index in [1.165, 1.54) is 17.9 Å². The molecule has 0 bridgehead atoms. The molecule has 27 heavy (non-hydrogen) atoms. The van der Waals surface area contributed by atoms with Gasteiger partial charge in [-0.2, -0.15) is 0 Å². The van der Waals surface area contributed by atoms with Gasteiger partial charge in [0, 0.05) is 5.54 Å². The van der Waals surface area contributed by atoms with Crippen LogP contribution in [0.15, 0.2) is 0 Å². The first-order chi connectivity index (χ1) is 12.1. The number of rotatable bonds is 9. The molecule has 2 N–H and O–H groups in total. The zero-order chi connectivity index (χ0) is 22.1. The summed E-state index contributed by atoms with van der Waals surface area (Å²) in [5, 5.41) is 21.3. The zero-order valence-corrected chi connectivity index (χ0v) is 21.3. The Kier molecular flexibility index (Phi) is 13.5. The number of aliphatic hydroxyl groups excluding tert-OH is 1. The molecule has 0 aromatic heterocycles. The molecule has 0 saturated carbocycles. The van der Waals surface area contributed by atoms with Crippen LogP contribution in [0.4, 0.5) is 0 Å². The van der Waals surface area contributed by atoms with Crippen molar-refractivity contribution in [2.24, 2.45) is 5.92 Å². The fourth-order valence-corrected chi connectivity index (χ4v) is 5.35. The molecule has 1 unspecified atom stereocenters. The Balaban J connectivity index is 0. The standard InChI is InChI=1S/C16H32O4Si2.C4H9.Li/c1-10-13(21(5,6)7)14(15(18)19)12(17)11-20-22(8,9)16(2,3)4;1-3-4-2;/h1,12-14,17H,11H2,2-9H3,(H,18,19);1,3-4H2,2H3;/t12-,13?,14+;;/m0../s1. The Morgan fingerprint density at radius 2 is 1.70 bits per heavy atom. The van der Waals surface area contributed by atoms with Crippen molar-refractivity contribution >= 4 is 40.1 Å². The number of hydrogen-bond donors (Lipinski definition) is 2. The first-order valence-corrected chi connectivity index (χ1v) is 16.6. The SMILES string of the molecule is C#CC([C@H](C(=O)O)[C@@H](O)CO[Si](C)(C)C(C)(C)C)[Si](C)(C)C.[Li][CH2]CCC. The monoisotopic (exact) mass is 408 g/mol. The quantitative estimate of drug-likeness (QED) is 0.425. The first-order valence-electron chi connectivity index (χ1n) is 10.1. The summed E-state index contributed by atoms with van der Waals surface area (Å²) >= 11 is 2.21. The number of hydrogen-bond acceptors (Lipinski definition) is 3. The zero-order valence-electron chi connectivity index (χ0n) is 19.3. The van der Waals surface area contributed by atoms with Crippen LogP contribution in [0.5, 0.6) is 0 Å². The third kappa shape index (κ3) is 10.9. The van der Waals surface area contributed by atoms with E-state index in [0.717, 1.165) is 0 Å². The average molecular weight is 409 g/mol. The number of unbranched alkanes of at least 4 members (excludes halogenated alkanes) is 1. The Morgan fingerprint density at radius 1 is 1.22 bits per heavy atom. The number of carboxylic acids is 1. The van der Waals surface area contributed by atoms with Crippen LogP contribution in [0.2, 0.25) is 48.4 Å². The molecule has 7 heteroatoms. The fraction of sp³-hybridized carbons (Fsp3) is 0.850. The van der Waals surface area contributed by atoms with Crippen molar-refractivity contribution in [1.29, 1.82) is 0 Å². The topological polar surface area (TPSA) is 66.8 Å². The molecule has 3 atom stereocenters. The van der Waals surface area contributed by atoms with E-state index in [9.17, 15) is 15.0 Å². The molecular formula is C20H41LiO4Si2. The summed E-state index contributed by atoms with van der Waals surface area (Å²) < 4.78 is 5.97. The second kappa shape index (κ2) is 12.5. The van der Waals surface area contributed by atoms with Gasteiger partial charge < -0.3 is 14.6 Å². The third-order valence-electron chi connectivity index (χ3n) is 5.30. The van der Waals surface area contributed by atoms with Gasteiger partial charge in [-0.1, -0.05) is 40.4 Å². The van der Waals surface area contributed by atoms with Crippen molar-refractivity contribution in [2.45, 2.75) is 95.0 Å². The van der Waals surface area contributed by atoms with E-state index in [1.54, 1.807) is 0 Å². The maximum absolute atomic E-state index is 11.6. The van der Waals surface area contributed by atoms with E-state index < -0.39 is 39.9 Å². The number of aliphatic hydroxyl groups is 1. The van der Waals surface area contributed by atoms with Gasteiger partial charge in [0.25, 0.3) is 0 Å². The molecule has 0 saturated heterocycles. The summed E-state index contributed by atoms with van der Waals surface area (Å²) in [6.45, 7) is 18.8. The van der Waals surface area contributed by atoms with Gasteiger partial charge in [0.2, 0.25) is 0 Å². The van der Waals surface area contributed by atoms with Crippen LogP contribution in [0, 0.1) is 18.3 Å². The Labute approximate surface area is 179 Å². The van der Waals surface area contributed by atoms with E-state index in [4.69, 9.17) is 10.8 Å². The normalized spacial score (nSPS) is 15.8. The summed E-state index contributed by atoms with van der Waals surface area (Å²) in [5.41, 5.74) is -0.428. The van der Waals surface area contributed by atoms with Gasteiger partial charge in [0.1, 0.15) is 0 Å². The van der Waals surface area contributed by atoms with Crippen molar-refractivity contribution in [1.82, 2.24) is 0 Å². The molecule has 0 aliphatic rings. The van der Waals surface area contributed by atoms with Crippen LogP contribution < -0.4 is 0 Å². The number of terminal acetylenes is 1. The van der Waals surface area contributed by atoms with Gasteiger partial charge in [-0.25, -0.2) is 0 Å². The molecule has 0 spiro atoms. The summed E-state index contributed by atoms with van der Waals surface area (Å²) in [4.78, 5) is 11.6. The summed E-state index contributed by atoms with van der Waals surface area (Å²) in [6.07, 6.45) is 7.21. The van der Waals surface area contributed by atoms with Crippen LogP contribution in [-0.2, 0) is 9.22 Å². The second-order valence-corrected chi connectivity index (χ2v) is 20.0. The van der Waals surface area contributed by atoms with Crippen LogP contribution >= 0.6 is 0 Å². The predicted octanol–water partition coefficient (Wildman–Crippen LogP) is 4.78. The molecule has 0 amide bonds. The van der Waals surface area contributed by atoms with E-state index in [0.29, 0.717) is 0 Å². The molecular weight excluding hydrogens is 367 g/mol. The average Bonchev–Trinajstić information content (AvgIpc) is 2.48. The summed E-state index contributed by atoms with van der Waals surface area (Å²) in [6, 6.07) is 0. The van der Waals surface area contributed by atoms with E-state index in [-0.39, 0.29) is 11.6 Å². The van der Waals surface area contributed by atoms with E-state index in [2.05, 4.69) is 64.4 Å². The number of carboxylic acid groups (broad SMARTS) is 1. The summed E-state index contributed by atoms with van der Waals surface area (Å²) in [5.74, 6) is 0.593. The predicted molar refractivity (Wildman–Crippen MR) is 122 cm³/mol. The molecule has 0 aliphatic carbocycles. The van der Waals surface area contributed by atoms with Crippen LogP contribution in [0.1, 0.15) is 40.5 Å². The van der Waals surface area contributed by atoms with Crippen molar-refractivity contribution in [2.75, 3.05) is 6.61 Å². The fourth-order valence-electron chi connectivity index (χ4n) is 2.39. The Bertz CT molecular complexity index is 474. The van der Waals surface area contributed by atoms with Crippen LogP contribution in [-0.4, -0.2) is 63.0 Å². The molecule has 0 aliphatic heterocycles. The Hall–Kier alpha value is -0.0188. The van der Waals surface area contributed by atoms with Gasteiger partial charge in [-0.05, 0) is 18.1 Å². The van der Waals surface area contributed by atoms with Gasteiger partial charge in [-0.3, -0.25) is 4.79 Å². The minimum atomic E-state index is -2.03. The van der Waals surface area contributed by atoms with Crippen LogP contribution in [0.3, 0.4) is 0 Å². The number of carbonyl (C=O) groups is 1. The number of aliphatic carboxylic acids is 1. The molecule has 0 fully saturated rings. The summed E-state index contributed by atoms with van der Waals surface area (Å²) in [7, 11) is -3.94. The minimum absolute atomic E-state index is 0.00966. The van der Waals surface area contributed by atoms with Crippen molar-refractivity contribution in [3.63, 3.8) is 0 Å². The van der Waals surface area contributed by atoms with Gasteiger partial charge >= 0.3 is 48.5 Å². The van der Waals surface area contributed by atoms with E-state index >= 15 is 0 Å². The molecule has 0 aromatic carbocycles. The maximum atomic E-state index is 11.6. The molecule has 0 aromatic rings. The molecule has 154 valence electrons. The van der Waals surface area contributed by atoms with Crippen molar-refractivity contribution in [3.8, 4) is 12.3 Å². The van der Waals surface area contributed by atoms with Gasteiger partial charge in [-0.15, -0.1) is 12.3 Å². The third-order valence-corrected chi connectivity index (χ3v) is 12.2. The molecule has 0 heterocycles. The van der Waals surface area contributed by atoms with Gasteiger partial charge in [0.05, 0.1) is 26.7 Å². The molecule has 4 nitrogen and oxygen atoms in total. The Morgan fingerprint density at radius 3 is 1.93 bits per heavy atom. The van der Waals surface area contributed by atoms with Crippen LogP contribution in [0.25, 0.3) is 0 Å². The van der Waals surface area contributed by atoms with Crippen molar-refractivity contribution in [3.05, 3.63) is 0 Å². The van der Waals surface area contributed by atoms with Gasteiger partial charge in [0.15, 0.2) is 8.32 Å². The molecule has 0 radical (unpaired) electrons. The first kappa shape index (κ1) is 29.2. The van der Waals surface area contributed by atoms with Crippen molar-refractivity contribution < 1.29 is 19.4 Å². The van der Waals surface area contributed by atoms with E-state index in [1.807, 2.05) is 19.6 Å².